The Labute approximate surface area is 92.3 Å². The SMILES string of the molecule is CC(C)(S)CNCCc1ccccc1. The van der Waals surface area contributed by atoms with Crippen LogP contribution in [0.5, 0.6) is 0 Å². The molecule has 0 fully saturated rings. The zero-order valence-corrected chi connectivity index (χ0v) is 9.85. The summed E-state index contributed by atoms with van der Waals surface area (Å²) in [6, 6.07) is 10.5. The van der Waals surface area contributed by atoms with E-state index in [9.17, 15) is 0 Å². The number of hydrogen-bond acceptors (Lipinski definition) is 2. The van der Waals surface area contributed by atoms with E-state index in [1.807, 2.05) is 6.07 Å². The summed E-state index contributed by atoms with van der Waals surface area (Å²) in [5.74, 6) is 0. The van der Waals surface area contributed by atoms with Crippen molar-refractivity contribution in [3.8, 4) is 0 Å². The van der Waals surface area contributed by atoms with Gasteiger partial charge in [0.2, 0.25) is 0 Å². The number of rotatable bonds is 5. The van der Waals surface area contributed by atoms with E-state index in [1.165, 1.54) is 5.56 Å². The molecule has 2 heteroatoms. The smallest absolute Gasteiger partial charge is 0.0198 e. The number of nitrogens with one attached hydrogen (secondary N) is 1. The minimum absolute atomic E-state index is 0.0800. The number of hydrogen-bond donors (Lipinski definition) is 2. The molecule has 0 heterocycles. The second-order valence-corrected chi connectivity index (χ2v) is 5.44. The summed E-state index contributed by atoms with van der Waals surface area (Å²) in [5, 5.41) is 3.40. The van der Waals surface area contributed by atoms with Gasteiger partial charge in [0.05, 0.1) is 0 Å². The fourth-order valence-corrected chi connectivity index (χ4v) is 1.38. The van der Waals surface area contributed by atoms with Crippen LogP contribution < -0.4 is 5.32 Å². The Kier molecular flexibility index (Phi) is 4.49. The van der Waals surface area contributed by atoms with E-state index >= 15 is 0 Å². The number of thiol groups is 1. The van der Waals surface area contributed by atoms with Crippen LogP contribution >= 0.6 is 12.6 Å². The first-order valence-corrected chi connectivity index (χ1v) is 5.50. The summed E-state index contributed by atoms with van der Waals surface area (Å²) in [6.07, 6.45) is 1.09. The zero-order chi connectivity index (χ0) is 10.4. The van der Waals surface area contributed by atoms with E-state index in [4.69, 9.17) is 0 Å². The molecule has 0 spiro atoms. The molecule has 0 atom stereocenters. The maximum absolute atomic E-state index is 4.45. The summed E-state index contributed by atoms with van der Waals surface area (Å²) in [6.45, 7) is 6.20. The van der Waals surface area contributed by atoms with E-state index in [2.05, 4.69) is 56.1 Å². The van der Waals surface area contributed by atoms with E-state index in [0.717, 1.165) is 19.5 Å². The monoisotopic (exact) mass is 209 g/mol. The van der Waals surface area contributed by atoms with Crippen LogP contribution in [0.3, 0.4) is 0 Å². The van der Waals surface area contributed by atoms with Crippen LogP contribution in [-0.2, 0) is 6.42 Å². The van der Waals surface area contributed by atoms with Gasteiger partial charge >= 0.3 is 0 Å². The van der Waals surface area contributed by atoms with E-state index in [1.54, 1.807) is 0 Å². The van der Waals surface area contributed by atoms with Crippen molar-refractivity contribution >= 4 is 12.6 Å². The molecule has 1 aromatic rings. The van der Waals surface area contributed by atoms with Crippen LogP contribution in [0, 0.1) is 0 Å². The lowest BCUT2D eigenvalue weighted by atomic mass is 10.1. The normalized spacial score (nSPS) is 11.6. The van der Waals surface area contributed by atoms with Crippen LogP contribution in [0.1, 0.15) is 19.4 Å². The molecular weight excluding hydrogens is 190 g/mol. The van der Waals surface area contributed by atoms with E-state index in [0.29, 0.717) is 0 Å². The highest BCUT2D eigenvalue weighted by Gasteiger charge is 2.09. The molecule has 0 saturated carbocycles. The van der Waals surface area contributed by atoms with Gasteiger partial charge in [0.15, 0.2) is 0 Å². The molecule has 1 nitrogen and oxygen atoms in total. The molecule has 1 rings (SSSR count). The highest BCUT2D eigenvalue weighted by Crippen LogP contribution is 2.09. The lowest BCUT2D eigenvalue weighted by Gasteiger charge is -2.17. The van der Waals surface area contributed by atoms with Gasteiger partial charge in [0.25, 0.3) is 0 Å². The van der Waals surface area contributed by atoms with Crippen molar-refractivity contribution in [3.63, 3.8) is 0 Å². The molecule has 78 valence electrons. The van der Waals surface area contributed by atoms with Gasteiger partial charge in [-0.05, 0) is 32.4 Å². The molecule has 0 aliphatic rings. The third-order valence-corrected chi connectivity index (χ3v) is 2.15. The Bertz CT molecular complexity index is 251. The lowest BCUT2D eigenvalue weighted by Crippen LogP contribution is -2.31. The van der Waals surface area contributed by atoms with Gasteiger partial charge in [-0.2, -0.15) is 12.6 Å². The van der Waals surface area contributed by atoms with Crippen LogP contribution in [0.4, 0.5) is 0 Å². The average Bonchev–Trinajstić information content (AvgIpc) is 2.13. The van der Waals surface area contributed by atoms with E-state index < -0.39 is 0 Å². The van der Waals surface area contributed by atoms with Crippen molar-refractivity contribution in [3.05, 3.63) is 35.9 Å². The predicted octanol–water partition coefficient (Wildman–Crippen LogP) is 2.53. The highest BCUT2D eigenvalue weighted by atomic mass is 32.1. The Balaban J connectivity index is 2.17. The summed E-state index contributed by atoms with van der Waals surface area (Å²) >= 11 is 4.45. The number of benzene rings is 1. The second kappa shape index (κ2) is 5.42. The Morgan fingerprint density at radius 3 is 2.43 bits per heavy atom. The minimum Gasteiger partial charge on any atom is -0.315 e. The lowest BCUT2D eigenvalue weighted by molar-refractivity contribution is 0.594. The summed E-state index contributed by atoms with van der Waals surface area (Å²) < 4.78 is 0.0800. The zero-order valence-electron chi connectivity index (χ0n) is 8.96. The first kappa shape index (κ1) is 11.6. The van der Waals surface area contributed by atoms with Gasteiger partial charge in [0, 0.05) is 11.3 Å². The van der Waals surface area contributed by atoms with Crippen LogP contribution in [0.2, 0.25) is 0 Å². The molecule has 1 N–H and O–H groups in total. The molecule has 14 heavy (non-hydrogen) atoms. The maximum Gasteiger partial charge on any atom is 0.0198 e. The molecule has 0 radical (unpaired) electrons. The molecule has 1 aromatic carbocycles. The minimum atomic E-state index is 0.0800. The highest BCUT2D eigenvalue weighted by molar-refractivity contribution is 7.81. The van der Waals surface area contributed by atoms with Crippen LogP contribution in [-0.4, -0.2) is 17.8 Å². The van der Waals surface area contributed by atoms with Gasteiger partial charge < -0.3 is 5.32 Å². The standard InChI is InChI=1S/C12H19NS/c1-12(2,14)10-13-9-8-11-6-4-3-5-7-11/h3-7,13-14H,8-10H2,1-2H3. The van der Waals surface area contributed by atoms with E-state index in [-0.39, 0.29) is 4.75 Å². The molecule has 0 amide bonds. The van der Waals surface area contributed by atoms with Crippen molar-refractivity contribution in [2.24, 2.45) is 0 Å². The molecule has 0 bridgehead atoms. The summed E-state index contributed by atoms with van der Waals surface area (Å²) in [4.78, 5) is 0. The first-order valence-electron chi connectivity index (χ1n) is 5.05. The molecule has 0 aliphatic heterocycles. The predicted molar refractivity (Wildman–Crippen MR) is 66.1 cm³/mol. The Morgan fingerprint density at radius 2 is 1.86 bits per heavy atom. The quantitative estimate of drug-likeness (QED) is 0.561. The Morgan fingerprint density at radius 1 is 1.21 bits per heavy atom. The topological polar surface area (TPSA) is 12.0 Å². The molecule has 0 aromatic heterocycles. The van der Waals surface area contributed by atoms with Gasteiger partial charge in [-0.25, -0.2) is 0 Å². The largest absolute Gasteiger partial charge is 0.315 e. The van der Waals surface area contributed by atoms with Gasteiger partial charge in [0.1, 0.15) is 0 Å². The maximum atomic E-state index is 4.45. The summed E-state index contributed by atoms with van der Waals surface area (Å²) in [7, 11) is 0. The fraction of sp³-hybridized carbons (Fsp3) is 0.500. The molecule has 0 aliphatic carbocycles. The van der Waals surface area contributed by atoms with Crippen LogP contribution in [0.15, 0.2) is 30.3 Å². The average molecular weight is 209 g/mol. The second-order valence-electron chi connectivity index (χ2n) is 4.22. The van der Waals surface area contributed by atoms with Crippen molar-refractivity contribution in [2.45, 2.75) is 25.0 Å². The first-order chi connectivity index (χ1) is 6.58. The van der Waals surface area contributed by atoms with Crippen molar-refractivity contribution in [2.75, 3.05) is 13.1 Å². The van der Waals surface area contributed by atoms with Gasteiger partial charge in [-0.15, -0.1) is 0 Å². The summed E-state index contributed by atoms with van der Waals surface area (Å²) in [5.41, 5.74) is 1.39. The molecule has 0 saturated heterocycles. The van der Waals surface area contributed by atoms with Crippen LogP contribution in [0.25, 0.3) is 0 Å². The molecular formula is C12H19NS. The van der Waals surface area contributed by atoms with Crippen molar-refractivity contribution < 1.29 is 0 Å². The van der Waals surface area contributed by atoms with Gasteiger partial charge in [-0.1, -0.05) is 30.3 Å². The van der Waals surface area contributed by atoms with Gasteiger partial charge in [-0.3, -0.25) is 0 Å². The Hall–Kier alpha value is -0.470. The third kappa shape index (κ3) is 5.30. The van der Waals surface area contributed by atoms with Crippen molar-refractivity contribution in [1.82, 2.24) is 5.32 Å². The third-order valence-electron chi connectivity index (χ3n) is 1.99. The van der Waals surface area contributed by atoms with Crippen molar-refractivity contribution in [1.29, 1.82) is 0 Å². The molecule has 0 unspecified atom stereocenters. The fourth-order valence-electron chi connectivity index (χ4n) is 1.27.